The molecule has 0 atom stereocenters. The fourth-order valence-electron chi connectivity index (χ4n) is 2.82. The highest BCUT2D eigenvalue weighted by Gasteiger charge is 2.24. The third-order valence-corrected chi connectivity index (χ3v) is 6.14. The SMILES string of the molecule is O=C(CS(=O)(=O)c1ccc(Cl)cc1)N(Cc1ccccc1)Cc1ccccc1. The molecule has 3 aromatic rings. The van der Waals surface area contributed by atoms with Crippen LogP contribution in [0.25, 0.3) is 0 Å². The van der Waals surface area contributed by atoms with Gasteiger partial charge in [0.1, 0.15) is 5.75 Å². The Labute approximate surface area is 170 Å². The van der Waals surface area contributed by atoms with E-state index in [4.69, 9.17) is 11.6 Å². The van der Waals surface area contributed by atoms with Gasteiger partial charge in [-0.15, -0.1) is 0 Å². The van der Waals surface area contributed by atoms with Crippen molar-refractivity contribution in [3.8, 4) is 0 Å². The first-order chi connectivity index (χ1) is 13.4. The van der Waals surface area contributed by atoms with Crippen LogP contribution in [0.5, 0.6) is 0 Å². The van der Waals surface area contributed by atoms with Crippen molar-refractivity contribution in [3.05, 3.63) is 101 Å². The lowest BCUT2D eigenvalue weighted by Gasteiger charge is -2.23. The summed E-state index contributed by atoms with van der Waals surface area (Å²) in [5, 5.41) is 0.444. The third-order valence-electron chi connectivity index (χ3n) is 4.27. The Bertz CT molecular complexity index is 979. The first-order valence-electron chi connectivity index (χ1n) is 8.78. The fraction of sp³-hybridized carbons (Fsp3) is 0.136. The van der Waals surface area contributed by atoms with Gasteiger partial charge in [0.05, 0.1) is 4.90 Å². The largest absolute Gasteiger partial charge is 0.333 e. The molecule has 28 heavy (non-hydrogen) atoms. The minimum atomic E-state index is -3.76. The van der Waals surface area contributed by atoms with Crippen molar-refractivity contribution < 1.29 is 13.2 Å². The number of amides is 1. The molecule has 0 bridgehead atoms. The Morgan fingerprint density at radius 1 is 0.750 bits per heavy atom. The van der Waals surface area contributed by atoms with E-state index in [0.717, 1.165) is 11.1 Å². The summed E-state index contributed by atoms with van der Waals surface area (Å²) in [6.45, 7) is 0.676. The lowest BCUT2D eigenvalue weighted by molar-refractivity contribution is -0.129. The molecular weight excluding hydrogens is 394 g/mol. The van der Waals surface area contributed by atoms with Crippen LogP contribution in [-0.2, 0) is 27.7 Å². The van der Waals surface area contributed by atoms with E-state index in [0.29, 0.717) is 18.1 Å². The van der Waals surface area contributed by atoms with Crippen LogP contribution in [0.4, 0.5) is 0 Å². The zero-order valence-electron chi connectivity index (χ0n) is 15.2. The summed E-state index contributed by atoms with van der Waals surface area (Å²) in [7, 11) is -3.76. The zero-order chi connectivity index (χ0) is 20.0. The maximum Gasteiger partial charge on any atom is 0.238 e. The van der Waals surface area contributed by atoms with E-state index in [1.807, 2.05) is 60.7 Å². The normalized spacial score (nSPS) is 11.2. The van der Waals surface area contributed by atoms with Gasteiger partial charge in [-0.05, 0) is 35.4 Å². The second kappa shape index (κ2) is 9.04. The van der Waals surface area contributed by atoms with Gasteiger partial charge in [0, 0.05) is 18.1 Å². The van der Waals surface area contributed by atoms with Crippen molar-refractivity contribution in [3.63, 3.8) is 0 Å². The molecule has 0 aliphatic carbocycles. The monoisotopic (exact) mass is 413 g/mol. The predicted octanol–water partition coefficient (Wildman–Crippen LogP) is 4.34. The number of halogens is 1. The highest BCUT2D eigenvalue weighted by atomic mass is 35.5. The van der Waals surface area contributed by atoms with E-state index < -0.39 is 21.5 Å². The Balaban J connectivity index is 1.81. The van der Waals surface area contributed by atoms with Gasteiger partial charge in [0.25, 0.3) is 0 Å². The lowest BCUT2D eigenvalue weighted by Crippen LogP contribution is -2.35. The van der Waals surface area contributed by atoms with Gasteiger partial charge in [-0.3, -0.25) is 4.79 Å². The Kier molecular flexibility index (Phi) is 6.49. The molecule has 0 saturated heterocycles. The van der Waals surface area contributed by atoms with Crippen LogP contribution in [0.3, 0.4) is 0 Å². The van der Waals surface area contributed by atoms with Gasteiger partial charge in [-0.2, -0.15) is 0 Å². The zero-order valence-corrected chi connectivity index (χ0v) is 16.7. The molecule has 0 aliphatic rings. The second-order valence-corrected chi connectivity index (χ2v) is 8.86. The van der Waals surface area contributed by atoms with Gasteiger partial charge >= 0.3 is 0 Å². The smallest absolute Gasteiger partial charge is 0.238 e. The number of hydrogen-bond acceptors (Lipinski definition) is 3. The van der Waals surface area contributed by atoms with Crippen LogP contribution in [0, 0.1) is 0 Å². The van der Waals surface area contributed by atoms with E-state index in [9.17, 15) is 13.2 Å². The summed E-state index contributed by atoms with van der Waals surface area (Å²) in [5.41, 5.74) is 1.88. The molecule has 3 rings (SSSR count). The van der Waals surface area contributed by atoms with Gasteiger partial charge in [-0.1, -0.05) is 72.3 Å². The summed E-state index contributed by atoms with van der Waals surface area (Å²) < 4.78 is 25.3. The van der Waals surface area contributed by atoms with Crippen LogP contribution < -0.4 is 0 Å². The molecule has 144 valence electrons. The Morgan fingerprint density at radius 2 is 1.21 bits per heavy atom. The molecule has 0 unspecified atom stereocenters. The molecule has 0 N–H and O–H groups in total. The topological polar surface area (TPSA) is 54.5 Å². The van der Waals surface area contributed by atoms with Crippen molar-refractivity contribution in [2.75, 3.05) is 5.75 Å². The first kappa shape index (κ1) is 20.1. The molecule has 3 aromatic carbocycles. The summed E-state index contributed by atoms with van der Waals surface area (Å²) in [4.78, 5) is 14.6. The molecule has 0 spiro atoms. The molecule has 0 fully saturated rings. The first-order valence-corrected chi connectivity index (χ1v) is 10.8. The van der Waals surface area contributed by atoms with Crippen LogP contribution in [0.15, 0.2) is 89.8 Å². The maximum atomic E-state index is 12.9. The molecule has 0 aromatic heterocycles. The minimum absolute atomic E-state index is 0.0876. The Hall–Kier alpha value is -2.63. The average Bonchev–Trinajstić information content (AvgIpc) is 2.69. The van der Waals surface area contributed by atoms with Crippen molar-refractivity contribution in [2.45, 2.75) is 18.0 Å². The average molecular weight is 414 g/mol. The molecule has 4 nitrogen and oxygen atoms in total. The van der Waals surface area contributed by atoms with E-state index in [1.54, 1.807) is 4.90 Å². The van der Waals surface area contributed by atoms with Gasteiger partial charge in [0.2, 0.25) is 5.91 Å². The standard InChI is InChI=1S/C22H20ClNO3S/c23-20-11-13-21(14-12-20)28(26,27)17-22(25)24(15-18-7-3-1-4-8-18)16-19-9-5-2-6-10-19/h1-14H,15-17H2. The van der Waals surface area contributed by atoms with Crippen LogP contribution >= 0.6 is 11.6 Å². The summed E-state index contributed by atoms with van der Waals surface area (Å²) in [5.74, 6) is -1.03. The molecule has 6 heteroatoms. The van der Waals surface area contributed by atoms with Gasteiger partial charge in [-0.25, -0.2) is 8.42 Å². The number of nitrogens with zero attached hydrogens (tertiary/aromatic N) is 1. The van der Waals surface area contributed by atoms with E-state index in [-0.39, 0.29) is 4.90 Å². The molecule has 0 heterocycles. The van der Waals surface area contributed by atoms with Crippen molar-refractivity contribution in [1.82, 2.24) is 4.90 Å². The van der Waals surface area contributed by atoms with E-state index >= 15 is 0 Å². The summed E-state index contributed by atoms with van der Waals surface area (Å²) >= 11 is 5.83. The fourth-order valence-corrected chi connectivity index (χ4v) is 4.17. The highest BCUT2D eigenvalue weighted by Crippen LogP contribution is 2.17. The minimum Gasteiger partial charge on any atom is -0.333 e. The van der Waals surface area contributed by atoms with Crippen LogP contribution in [0.1, 0.15) is 11.1 Å². The number of carbonyl (C=O) groups is 1. The Morgan fingerprint density at radius 3 is 1.68 bits per heavy atom. The molecular formula is C22H20ClNO3S. The molecule has 0 aliphatic heterocycles. The number of hydrogen-bond donors (Lipinski definition) is 0. The quantitative estimate of drug-likeness (QED) is 0.578. The molecule has 0 saturated carbocycles. The van der Waals surface area contributed by atoms with Crippen LogP contribution in [0.2, 0.25) is 5.02 Å². The highest BCUT2D eigenvalue weighted by molar-refractivity contribution is 7.92. The van der Waals surface area contributed by atoms with Crippen molar-refractivity contribution >= 4 is 27.3 Å². The van der Waals surface area contributed by atoms with E-state index in [2.05, 4.69) is 0 Å². The number of benzene rings is 3. The van der Waals surface area contributed by atoms with Crippen molar-refractivity contribution in [1.29, 1.82) is 0 Å². The molecule has 1 amide bonds. The predicted molar refractivity (Wildman–Crippen MR) is 111 cm³/mol. The number of carbonyl (C=O) groups excluding carboxylic acids is 1. The van der Waals surface area contributed by atoms with E-state index in [1.165, 1.54) is 24.3 Å². The summed E-state index contributed by atoms with van der Waals surface area (Å²) in [6.07, 6.45) is 0. The molecule has 0 radical (unpaired) electrons. The maximum absolute atomic E-state index is 12.9. The number of rotatable bonds is 7. The number of sulfone groups is 1. The van der Waals surface area contributed by atoms with Gasteiger partial charge in [0.15, 0.2) is 9.84 Å². The lowest BCUT2D eigenvalue weighted by atomic mass is 10.1. The third kappa shape index (κ3) is 5.44. The second-order valence-electron chi connectivity index (χ2n) is 6.43. The van der Waals surface area contributed by atoms with Crippen LogP contribution in [-0.4, -0.2) is 25.0 Å². The van der Waals surface area contributed by atoms with Crippen molar-refractivity contribution in [2.24, 2.45) is 0 Å². The van der Waals surface area contributed by atoms with Gasteiger partial charge < -0.3 is 4.90 Å². The summed E-state index contributed by atoms with van der Waals surface area (Å²) in [6, 6.07) is 24.9.